The molecule has 1 heterocycles. The molecule has 3 rings (SSSR count). The molecular weight excluding hydrogens is 350 g/mol. The first-order valence-corrected chi connectivity index (χ1v) is 10.2. The molecule has 8 nitrogen and oxygen atoms in total. The normalized spacial score (nSPS) is 35.9. The Hall–Kier alpha value is -1.19. The van der Waals surface area contributed by atoms with Gasteiger partial charge in [0, 0.05) is 12.0 Å². The van der Waals surface area contributed by atoms with Gasteiger partial charge in [-0.1, -0.05) is 13.8 Å². The average Bonchev–Trinajstić information content (AvgIpc) is 3.06. The van der Waals surface area contributed by atoms with Crippen LogP contribution in [0.15, 0.2) is 0 Å². The number of nitrogens with zero attached hydrogens (tertiary/aromatic N) is 1. The molecule has 1 saturated heterocycles. The standard InChI is InChI=1S/C16H25NO7S/c1-15(2)11-3-5-16(15,14-10(11)4-6-24-14)9-25(22,23)17(7-12(18)19)8-13(20)21/h10-11,14H,3-9H2,1-2H3,(H,18,19)(H,20,21). The summed E-state index contributed by atoms with van der Waals surface area (Å²) < 4.78 is 32.4. The summed E-state index contributed by atoms with van der Waals surface area (Å²) in [6.45, 7) is 3.08. The lowest BCUT2D eigenvalue weighted by Gasteiger charge is -2.42. The zero-order valence-electron chi connectivity index (χ0n) is 14.5. The molecule has 3 fully saturated rings. The molecule has 3 aliphatic rings. The lowest BCUT2D eigenvalue weighted by atomic mass is 9.69. The topological polar surface area (TPSA) is 121 Å². The van der Waals surface area contributed by atoms with Crippen molar-refractivity contribution < 1.29 is 33.0 Å². The van der Waals surface area contributed by atoms with Crippen molar-refractivity contribution in [3.63, 3.8) is 0 Å². The van der Waals surface area contributed by atoms with Gasteiger partial charge in [0.2, 0.25) is 10.0 Å². The fraction of sp³-hybridized carbons (Fsp3) is 0.875. The Kier molecular flexibility index (Phi) is 4.40. The Labute approximate surface area is 147 Å². The van der Waals surface area contributed by atoms with Crippen molar-refractivity contribution in [3.05, 3.63) is 0 Å². The van der Waals surface area contributed by atoms with Crippen molar-refractivity contribution in [1.82, 2.24) is 4.31 Å². The molecule has 0 radical (unpaired) electrons. The van der Waals surface area contributed by atoms with Gasteiger partial charge in [0.1, 0.15) is 13.1 Å². The number of rotatable bonds is 7. The van der Waals surface area contributed by atoms with Crippen LogP contribution < -0.4 is 0 Å². The van der Waals surface area contributed by atoms with Crippen LogP contribution in [0.3, 0.4) is 0 Å². The van der Waals surface area contributed by atoms with E-state index >= 15 is 0 Å². The van der Waals surface area contributed by atoms with Gasteiger partial charge >= 0.3 is 11.9 Å². The third kappa shape index (κ3) is 2.76. The minimum atomic E-state index is -4.06. The van der Waals surface area contributed by atoms with Crippen LogP contribution in [0.5, 0.6) is 0 Å². The average molecular weight is 375 g/mol. The Morgan fingerprint density at radius 2 is 1.76 bits per heavy atom. The molecule has 0 spiro atoms. The van der Waals surface area contributed by atoms with Gasteiger partial charge in [-0.15, -0.1) is 0 Å². The predicted octanol–water partition coefficient (Wildman–Crippen LogP) is 0.629. The highest BCUT2D eigenvalue weighted by Crippen LogP contribution is 2.71. The molecule has 0 aromatic carbocycles. The van der Waals surface area contributed by atoms with Gasteiger partial charge in [-0.2, -0.15) is 4.31 Å². The van der Waals surface area contributed by atoms with Gasteiger partial charge in [-0.05, 0) is 36.5 Å². The quantitative estimate of drug-likeness (QED) is 0.669. The van der Waals surface area contributed by atoms with Crippen LogP contribution in [-0.4, -0.2) is 66.4 Å². The summed E-state index contributed by atoms with van der Waals surface area (Å²) in [4.78, 5) is 22.0. The maximum absolute atomic E-state index is 13.0. The van der Waals surface area contributed by atoms with E-state index in [9.17, 15) is 18.0 Å². The largest absolute Gasteiger partial charge is 0.480 e. The van der Waals surface area contributed by atoms with Crippen LogP contribution in [0, 0.1) is 22.7 Å². The SMILES string of the molecule is CC1(C)C2CCC1(CS(=O)(=O)N(CC(=O)O)CC(=O)O)C1OCCC21. The summed E-state index contributed by atoms with van der Waals surface area (Å²) in [5.74, 6) is -2.26. The van der Waals surface area contributed by atoms with E-state index in [1.165, 1.54) is 0 Å². The summed E-state index contributed by atoms with van der Waals surface area (Å²) in [6, 6.07) is 0. The molecule has 1 aliphatic heterocycles. The van der Waals surface area contributed by atoms with Crippen molar-refractivity contribution in [2.45, 2.75) is 39.2 Å². The van der Waals surface area contributed by atoms with E-state index in [0.29, 0.717) is 29.2 Å². The number of sulfonamides is 1. The fourth-order valence-corrected chi connectivity index (χ4v) is 7.75. The molecule has 2 saturated carbocycles. The first-order chi connectivity index (χ1) is 11.5. The number of carboxylic acid groups (broad SMARTS) is 2. The van der Waals surface area contributed by atoms with E-state index in [-0.39, 0.29) is 17.3 Å². The Balaban J connectivity index is 1.93. The molecule has 2 N–H and O–H groups in total. The van der Waals surface area contributed by atoms with Gasteiger partial charge in [0.15, 0.2) is 0 Å². The van der Waals surface area contributed by atoms with Gasteiger partial charge in [0.05, 0.1) is 11.9 Å². The van der Waals surface area contributed by atoms with E-state index in [1.54, 1.807) is 0 Å². The highest BCUT2D eigenvalue weighted by Gasteiger charge is 2.71. The Morgan fingerprint density at radius 3 is 2.32 bits per heavy atom. The van der Waals surface area contributed by atoms with Crippen molar-refractivity contribution >= 4 is 22.0 Å². The lowest BCUT2D eigenvalue weighted by molar-refractivity contribution is -0.139. The Bertz CT molecular complexity index is 673. The second kappa shape index (κ2) is 5.92. The smallest absolute Gasteiger partial charge is 0.318 e. The van der Waals surface area contributed by atoms with Gasteiger partial charge in [0.25, 0.3) is 0 Å². The van der Waals surface area contributed by atoms with Crippen LogP contribution in [0.1, 0.15) is 33.1 Å². The maximum atomic E-state index is 13.0. The molecule has 0 amide bonds. The predicted molar refractivity (Wildman–Crippen MR) is 87.4 cm³/mol. The van der Waals surface area contributed by atoms with Crippen molar-refractivity contribution in [2.75, 3.05) is 25.4 Å². The van der Waals surface area contributed by atoms with E-state index in [0.717, 1.165) is 12.8 Å². The maximum Gasteiger partial charge on any atom is 0.318 e. The lowest BCUT2D eigenvalue weighted by Crippen LogP contribution is -2.50. The number of ether oxygens (including phenoxy) is 1. The highest BCUT2D eigenvalue weighted by atomic mass is 32.2. The summed E-state index contributed by atoms with van der Waals surface area (Å²) in [5.41, 5.74) is -0.832. The van der Waals surface area contributed by atoms with Gasteiger partial charge in [-0.25, -0.2) is 8.42 Å². The fourth-order valence-electron chi connectivity index (χ4n) is 5.62. The number of aliphatic carboxylic acids is 2. The molecule has 4 atom stereocenters. The second-order valence-electron chi connectivity index (χ2n) is 8.08. The van der Waals surface area contributed by atoms with Crippen molar-refractivity contribution in [1.29, 1.82) is 0 Å². The van der Waals surface area contributed by atoms with Crippen LogP contribution in [0.4, 0.5) is 0 Å². The second-order valence-corrected chi connectivity index (χ2v) is 10.0. The molecule has 9 heteroatoms. The van der Waals surface area contributed by atoms with Gasteiger partial charge < -0.3 is 14.9 Å². The molecule has 4 unspecified atom stereocenters. The number of fused-ring (bicyclic) bond motifs is 5. The first kappa shape index (κ1) is 18.6. The molecule has 2 bridgehead atoms. The molecular formula is C16H25NO7S. The summed E-state index contributed by atoms with van der Waals surface area (Å²) in [5, 5.41) is 18.0. The van der Waals surface area contributed by atoms with Crippen molar-refractivity contribution in [2.24, 2.45) is 22.7 Å². The zero-order valence-corrected chi connectivity index (χ0v) is 15.3. The van der Waals surface area contributed by atoms with Gasteiger partial charge in [-0.3, -0.25) is 9.59 Å². The summed E-state index contributed by atoms with van der Waals surface area (Å²) in [6.07, 6.45) is 2.42. The zero-order chi connectivity index (χ0) is 18.6. The molecule has 142 valence electrons. The van der Waals surface area contributed by atoms with E-state index < -0.39 is 40.5 Å². The van der Waals surface area contributed by atoms with E-state index in [1.807, 2.05) is 0 Å². The third-order valence-electron chi connectivity index (χ3n) is 6.77. The third-order valence-corrected chi connectivity index (χ3v) is 8.69. The van der Waals surface area contributed by atoms with Crippen LogP contribution in [-0.2, 0) is 24.3 Å². The number of carbonyl (C=O) groups is 2. The Morgan fingerprint density at radius 1 is 1.16 bits per heavy atom. The number of hydrogen-bond acceptors (Lipinski definition) is 5. The number of hydrogen-bond donors (Lipinski definition) is 2. The number of carboxylic acids is 2. The first-order valence-electron chi connectivity index (χ1n) is 8.54. The molecule has 25 heavy (non-hydrogen) atoms. The molecule has 0 aromatic heterocycles. The van der Waals surface area contributed by atoms with E-state index in [4.69, 9.17) is 14.9 Å². The minimum absolute atomic E-state index is 0.146. The summed E-state index contributed by atoms with van der Waals surface area (Å²) in [7, 11) is -4.06. The van der Waals surface area contributed by atoms with Crippen LogP contribution in [0.25, 0.3) is 0 Å². The minimum Gasteiger partial charge on any atom is -0.480 e. The summed E-state index contributed by atoms with van der Waals surface area (Å²) >= 11 is 0. The van der Waals surface area contributed by atoms with Crippen LogP contribution >= 0.6 is 0 Å². The monoisotopic (exact) mass is 375 g/mol. The molecule has 0 aromatic rings. The van der Waals surface area contributed by atoms with E-state index in [2.05, 4.69) is 13.8 Å². The highest BCUT2D eigenvalue weighted by molar-refractivity contribution is 7.89. The van der Waals surface area contributed by atoms with Crippen molar-refractivity contribution in [3.8, 4) is 0 Å². The van der Waals surface area contributed by atoms with Crippen LogP contribution in [0.2, 0.25) is 0 Å². The molecule has 2 aliphatic carbocycles.